The standard InChI is InChI=1S/C15H18FN5/c1-10-7-12(20-19-10)9-21(2)6-5-15-17-13-4-3-11(16)8-14(13)18-15/h3-4,7-8H,5-6,9H2,1-2H3,(H,17,18)(H,19,20). The second kappa shape index (κ2) is 5.65. The van der Waals surface area contributed by atoms with Gasteiger partial charge in [-0.15, -0.1) is 0 Å². The van der Waals surface area contributed by atoms with Crippen LogP contribution >= 0.6 is 0 Å². The van der Waals surface area contributed by atoms with Crippen molar-refractivity contribution in [1.29, 1.82) is 0 Å². The zero-order valence-corrected chi connectivity index (χ0v) is 12.2. The number of halogens is 1. The van der Waals surface area contributed by atoms with Crippen molar-refractivity contribution in [1.82, 2.24) is 25.1 Å². The van der Waals surface area contributed by atoms with Crippen LogP contribution in [0.4, 0.5) is 4.39 Å². The molecule has 0 amide bonds. The monoisotopic (exact) mass is 287 g/mol. The molecule has 0 radical (unpaired) electrons. The maximum Gasteiger partial charge on any atom is 0.125 e. The van der Waals surface area contributed by atoms with E-state index in [-0.39, 0.29) is 5.82 Å². The molecule has 3 rings (SSSR count). The van der Waals surface area contributed by atoms with Gasteiger partial charge in [-0.2, -0.15) is 5.10 Å². The zero-order chi connectivity index (χ0) is 14.8. The summed E-state index contributed by atoms with van der Waals surface area (Å²) in [6.45, 7) is 3.64. The van der Waals surface area contributed by atoms with Crippen molar-refractivity contribution in [3.05, 3.63) is 47.3 Å². The Kier molecular flexibility index (Phi) is 3.70. The fourth-order valence-electron chi connectivity index (χ4n) is 2.36. The van der Waals surface area contributed by atoms with Gasteiger partial charge in [0.15, 0.2) is 0 Å². The van der Waals surface area contributed by atoms with E-state index in [9.17, 15) is 4.39 Å². The van der Waals surface area contributed by atoms with Gasteiger partial charge in [-0.1, -0.05) is 0 Å². The molecule has 21 heavy (non-hydrogen) atoms. The van der Waals surface area contributed by atoms with Crippen molar-refractivity contribution < 1.29 is 4.39 Å². The van der Waals surface area contributed by atoms with E-state index in [1.165, 1.54) is 12.1 Å². The zero-order valence-electron chi connectivity index (χ0n) is 12.2. The fourth-order valence-corrected chi connectivity index (χ4v) is 2.36. The first kappa shape index (κ1) is 13.8. The van der Waals surface area contributed by atoms with Gasteiger partial charge in [-0.25, -0.2) is 9.37 Å². The Morgan fingerprint density at radius 3 is 2.90 bits per heavy atom. The van der Waals surface area contributed by atoms with Crippen molar-refractivity contribution in [2.45, 2.75) is 19.9 Å². The minimum atomic E-state index is -0.247. The number of nitrogens with zero attached hydrogens (tertiary/aromatic N) is 3. The summed E-state index contributed by atoms with van der Waals surface area (Å²) in [5.41, 5.74) is 3.65. The number of fused-ring (bicyclic) bond motifs is 1. The van der Waals surface area contributed by atoms with Crippen LogP contribution in [0.5, 0.6) is 0 Å². The van der Waals surface area contributed by atoms with E-state index in [2.05, 4.69) is 25.1 Å². The molecule has 0 saturated heterocycles. The molecule has 0 aliphatic carbocycles. The summed E-state index contributed by atoms with van der Waals surface area (Å²) in [6.07, 6.45) is 0.788. The lowest BCUT2D eigenvalue weighted by atomic mass is 10.3. The third kappa shape index (κ3) is 3.28. The molecule has 0 aliphatic heterocycles. The van der Waals surface area contributed by atoms with E-state index in [4.69, 9.17) is 0 Å². The van der Waals surface area contributed by atoms with E-state index < -0.39 is 0 Å². The summed E-state index contributed by atoms with van der Waals surface area (Å²) >= 11 is 0. The van der Waals surface area contributed by atoms with Gasteiger partial charge in [0.05, 0.1) is 16.7 Å². The number of aryl methyl sites for hydroxylation is 1. The van der Waals surface area contributed by atoms with E-state index >= 15 is 0 Å². The molecule has 0 bridgehead atoms. The van der Waals surface area contributed by atoms with Crippen molar-refractivity contribution >= 4 is 11.0 Å². The molecular weight excluding hydrogens is 269 g/mol. The van der Waals surface area contributed by atoms with Crippen LogP contribution < -0.4 is 0 Å². The number of benzene rings is 1. The highest BCUT2D eigenvalue weighted by Gasteiger charge is 2.07. The molecule has 0 saturated carbocycles. The Morgan fingerprint density at radius 2 is 2.14 bits per heavy atom. The topological polar surface area (TPSA) is 60.6 Å². The number of hydrogen-bond donors (Lipinski definition) is 2. The van der Waals surface area contributed by atoms with Crippen LogP contribution in [-0.2, 0) is 13.0 Å². The Bertz CT molecular complexity index is 745. The van der Waals surface area contributed by atoms with Gasteiger partial charge in [0.1, 0.15) is 11.6 Å². The number of H-pyrrole nitrogens is 2. The second-order valence-corrected chi connectivity index (χ2v) is 5.38. The number of imidazole rings is 1. The highest BCUT2D eigenvalue weighted by atomic mass is 19.1. The molecule has 6 heteroatoms. The number of nitrogens with one attached hydrogen (secondary N) is 2. The molecule has 110 valence electrons. The molecule has 0 atom stereocenters. The molecule has 1 aromatic carbocycles. The average Bonchev–Trinajstić information content (AvgIpc) is 3.02. The smallest absolute Gasteiger partial charge is 0.125 e. The number of aromatic amines is 2. The summed E-state index contributed by atoms with van der Waals surface area (Å²) in [5, 5.41) is 7.16. The van der Waals surface area contributed by atoms with E-state index in [0.29, 0.717) is 0 Å². The summed E-state index contributed by atoms with van der Waals surface area (Å²) in [7, 11) is 2.05. The highest BCUT2D eigenvalue weighted by Crippen LogP contribution is 2.13. The average molecular weight is 287 g/mol. The Balaban J connectivity index is 1.60. The SMILES string of the molecule is Cc1cc(CN(C)CCc2nc3ccc(F)cc3[nH]2)n[nH]1. The summed E-state index contributed by atoms with van der Waals surface area (Å²) < 4.78 is 13.1. The van der Waals surface area contributed by atoms with Gasteiger partial charge >= 0.3 is 0 Å². The van der Waals surface area contributed by atoms with Crippen LogP contribution in [-0.4, -0.2) is 38.7 Å². The van der Waals surface area contributed by atoms with Crippen LogP contribution in [0.2, 0.25) is 0 Å². The minimum absolute atomic E-state index is 0.247. The summed E-state index contributed by atoms with van der Waals surface area (Å²) in [4.78, 5) is 9.81. The van der Waals surface area contributed by atoms with Gasteiger partial charge in [-0.05, 0) is 38.2 Å². The van der Waals surface area contributed by atoms with E-state index in [1.807, 2.05) is 20.0 Å². The highest BCUT2D eigenvalue weighted by molar-refractivity contribution is 5.74. The van der Waals surface area contributed by atoms with Gasteiger partial charge in [-0.3, -0.25) is 5.10 Å². The quantitative estimate of drug-likeness (QED) is 0.757. The summed E-state index contributed by atoms with van der Waals surface area (Å²) in [6, 6.07) is 6.64. The first-order valence-corrected chi connectivity index (χ1v) is 6.94. The summed E-state index contributed by atoms with van der Waals surface area (Å²) in [5.74, 6) is 0.629. The minimum Gasteiger partial charge on any atom is -0.342 e. The van der Waals surface area contributed by atoms with E-state index in [0.717, 1.165) is 47.8 Å². The third-order valence-corrected chi connectivity index (χ3v) is 3.41. The van der Waals surface area contributed by atoms with Crippen LogP contribution in [0.25, 0.3) is 11.0 Å². The number of aromatic nitrogens is 4. The van der Waals surface area contributed by atoms with Crippen LogP contribution in [0.15, 0.2) is 24.3 Å². The molecule has 0 aliphatic rings. The molecular formula is C15H18FN5. The molecule has 2 heterocycles. The molecule has 2 aromatic heterocycles. The number of rotatable bonds is 5. The number of likely N-dealkylation sites (N-methyl/N-ethyl adjacent to an activating group) is 1. The van der Waals surface area contributed by atoms with Gasteiger partial charge in [0.2, 0.25) is 0 Å². The Labute approximate surface area is 122 Å². The van der Waals surface area contributed by atoms with Crippen molar-refractivity contribution in [2.75, 3.05) is 13.6 Å². The lowest BCUT2D eigenvalue weighted by Crippen LogP contribution is -2.21. The molecule has 0 unspecified atom stereocenters. The lowest BCUT2D eigenvalue weighted by Gasteiger charge is -2.13. The van der Waals surface area contributed by atoms with Crippen LogP contribution in [0.3, 0.4) is 0 Å². The Morgan fingerprint density at radius 1 is 1.29 bits per heavy atom. The fraction of sp³-hybridized carbons (Fsp3) is 0.333. The normalized spacial score (nSPS) is 11.6. The molecule has 3 aromatic rings. The maximum absolute atomic E-state index is 13.1. The maximum atomic E-state index is 13.1. The lowest BCUT2D eigenvalue weighted by molar-refractivity contribution is 0.325. The predicted molar refractivity (Wildman–Crippen MR) is 79.4 cm³/mol. The van der Waals surface area contributed by atoms with E-state index in [1.54, 1.807) is 6.07 Å². The first-order chi connectivity index (χ1) is 10.1. The van der Waals surface area contributed by atoms with Crippen molar-refractivity contribution in [2.24, 2.45) is 0 Å². The molecule has 5 nitrogen and oxygen atoms in total. The van der Waals surface area contributed by atoms with Gasteiger partial charge in [0, 0.05) is 25.2 Å². The number of hydrogen-bond acceptors (Lipinski definition) is 3. The van der Waals surface area contributed by atoms with Crippen molar-refractivity contribution in [3.8, 4) is 0 Å². The third-order valence-electron chi connectivity index (χ3n) is 3.41. The van der Waals surface area contributed by atoms with Gasteiger partial charge in [0.25, 0.3) is 0 Å². The molecule has 0 spiro atoms. The first-order valence-electron chi connectivity index (χ1n) is 6.94. The van der Waals surface area contributed by atoms with Crippen molar-refractivity contribution in [3.63, 3.8) is 0 Å². The Hall–Kier alpha value is -2.21. The predicted octanol–water partition coefficient (Wildman–Crippen LogP) is 2.41. The van der Waals surface area contributed by atoms with Crippen LogP contribution in [0.1, 0.15) is 17.2 Å². The van der Waals surface area contributed by atoms with Gasteiger partial charge < -0.3 is 9.88 Å². The molecule has 0 fully saturated rings. The largest absolute Gasteiger partial charge is 0.342 e. The second-order valence-electron chi connectivity index (χ2n) is 5.38. The van der Waals surface area contributed by atoms with Crippen LogP contribution in [0, 0.1) is 12.7 Å². The molecule has 2 N–H and O–H groups in total.